The van der Waals surface area contributed by atoms with Gasteiger partial charge in [0.25, 0.3) is 0 Å². The van der Waals surface area contributed by atoms with Crippen LogP contribution in [0, 0.1) is 5.92 Å². The summed E-state index contributed by atoms with van der Waals surface area (Å²) in [7, 11) is 2.31. The molecule has 2 nitrogen and oxygen atoms in total. The first-order chi connectivity index (χ1) is 15.8. The molecule has 0 amide bonds. The van der Waals surface area contributed by atoms with Crippen LogP contribution in [-0.4, -0.2) is 7.05 Å². The lowest BCUT2D eigenvalue weighted by Gasteiger charge is -2.39. The average molecular weight is 441 g/mol. The number of hydrogen-bond acceptors (Lipinski definition) is 2. The van der Waals surface area contributed by atoms with Crippen LogP contribution >= 0.6 is 0 Å². The van der Waals surface area contributed by atoms with Crippen LogP contribution in [-0.2, 0) is 5.41 Å². The Kier molecular flexibility index (Phi) is 4.77. The Hall–Kier alpha value is -2.22. The van der Waals surface area contributed by atoms with Crippen LogP contribution < -0.4 is 9.80 Å². The normalized spacial score (nSPS) is 27.9. The van der Waals surface area contributed by atoms with E-state index in [0.29, 0.717) is 11.8 Å². The van der Waals surface area contributed by atoms with Crippen molar-refractivity contribution in [3.63, 3.8) is 0 Å². The first-order valence-corrected chi connectivity index (χ1v) is 13.3. The predicted octanol–water partition coefficient (Wildman–Crippen LogP) is 8.70. The maximum Gasteiger partial charge on any atom is 0.0696 e. The van der Waals surface area contributed by atoms with E-state index in [4.69, 9.17) is 0 Å². The van der Waals surface area contributed by atoms with Crippen LogP contribution in [0.3, 0.4) is 0 Å². The average Bonchev–Trinajstić information content (AvgIpc) is 3.18. The third kappa shape index (κ3) is 3.12. The smallest absolute Gasteiger partial charge is 0.0696 e. The van der Waals surface area contributed by atoms with Gasteiger partial charge in [0.15, 0.2) is 0 Å². The van der Waals surface area contributed by atoms with Gasteiger partial charge in [-0.05, 0) is 95.7 Å². The Balaban J connectivity index is 1.58. The molecule has 4 bridgehead atoms. The van der Waals surface area contributed by atoms with E-state index < -0.39 is 0 Å². The Labute approximate surface area is 200 Å². The Morgan fingerprint density at radius 2 is 1.52 bits per heavy atom. The van der Waals surface area contributed by atoms with Gasteiger partial charge in [-0.1, -0.05) is 53.2 Å². The van der Waals surface area contributed by atoms with E-state index in [9.17, 15) is 0 Å². The van der Waals surface area contributed by atoms with Gasteiger partial charge in [-0.25, -0.2) is 0 Å². The minimum atomic E-state index is 0.162. The number of fused-ring (bicyclic) bond motifs is 8. The largest absolute Gasteiger partial charge is 0.345 e. The van der Waals surface area contributed by atoms with Crippen molar-refractivity contribution in [2.24, 2.45) is 5.92 Å². The molecule has 2 aromatic carbocycles. The molecule has 1 saturated carbocycles. The molecule has 3 aliphatic carbocycles. The number of anilines is 3. The van der Waals surface area contributed by atoms with E-state index in [2.05, 4.69) is 88.0 Å². The van der Waals surface area contributed by atoms with Crippen LogP contribution in [0.25, 0.3) is 0 Å². The van der Waals surface area contributed by atoms with E-state index in [-0.39, 0.29) is 5.41 Å². The molecule has 7 rings (SSSR count). The molecule has 1 fully saturated rings. The number of hydrogen-bond donors (Lipinski definition) is 0. The fraction of sp³-hybridized carbons (Fsp3) is 0.548. The molecule has 0 spiro atoms. The maximum atomic E-state index is 2.60. The first kappa shape index (κ1) is 21.3. The van der Waals surface area contributed by atoms with Crippen molar-refractivity contribution in [2.75, 3.05) is 16.8 Å². The highest BCUT2D eigenvalue weighted by molar-refractivity contribution is 5.87. The lowest BCUT2D eigenvalue weighted by molar-refractivity contribution is 0.489. The number of nitrogens with zero attached hydrogens (tertiary/aromatic N) is 2. The summed E-state index contributed by atoms with van der Waals surface area (Å²) in [5.74, 6) is 2.55. The molecule has 0 aromatic heterocycles. The molecule has 0 radical (unpaired) electrons. The molecule has 4 unspecified atom stereocenters. The van der Waals surface area contributed by atoms with Crippen LogP contribution in [0.1, 0.15) is 113 Å². The molecule has 5 aliphatic rings. The summed E-state index contributed by atoms with van der Waals surface area (Å²) in [4.78, 5) is 5.09. The molecule has 2 heteroatoms. The van der Waals surface area contributed by atoms with Gasteiger partial charge >= 0.3 is 0 Å². The van der Waals surface area contributed by atoms with Crippen LogP contribution in [0.4, 0.5) is 17.1 Å². The fourth-order valence-electron chi connectivity index (χ4n) is 7.31. The SMILES string of the molecule is CCC1C2=CN(c3ccc(C(C)(C)C)cc3C1C)c1cc3c(cc1N2C)C1CCCC3CC1. The van der Waals surface area contributed by atoms with Crippen molar-refractivity contribution in [1.29, 1.82) is 0 Å². The lowest BCUT2D eigenvalue weighted by Crippen LogP contribution is -2.31. The zero-order valence-electron chi connectivity index (χ0n) is 21.4. The quantitative estimate of drug-likeness (QED) is 0.437. The van der Waals surface area contributed by atoms with Crippen LogP contribution in [0.2, 0.25) is 0 Å². The highest BCUT2D eigenvalue weighted by Crippen LogP contribution is 2.55. The molecular formula is C31H40N2. The fourth-order valence-corrected chi connectivity index (χ4v) is 7.31. The molecule has 174 valence electrons. The summed E-state index contributed by atoms with van der Waals surface area (Å²) in [6.07, 6.45) is 10.6. The zero-order chi connectivity index (χ0) is 23.1. The van der Waals surface area contributed by atoms with Crippen molar-refractivity contribution in [2.45, 2.75) is 96.3 Å². The second kappa shape index (κ2) is 7.39. The molecule has 33 heavy (non-hydrogen) atoms. The Morgan fingerprint density at radius 3 is 2.15 bits per heavy atom. The highest BCUT2D eigenvalue weighted by Gasteiger charge is 2.39. The molecule has 2 aliphatic heterocycles. The van der Waals surface area contributed by atoms with Gasteiger partial charge in [0.05, 0.1) is 11.4 Å². The van der Waals surface area contributed by atoms with Gasteiger partial charge in [0.1, 0.15) is 0 Å². The summed E-state index contributed by atoms with van der Waals surface area (Å²) in [5.41, 5.74) is 12.1. The maximum absolute atomic E-state index is 2.60. The lowest BCUT2D eigenvalue weighted by atomic mass is 9.77. The van der Waals surface area contributed by atoms with Crippen molar-refractivity contribution < 1.29 is 0 Å². The zero-order valence-corrected chi connectivity index (χ0v) is 21.4. The van der Waals surface area contributed by atoms with Crippen molar-refractivity contribution in [1.82, 2.24) is 0 Å². The van der Waals surface area contributed by atoms with E-state index in [1.54, 1.807) is 11.1 Å². The standard InChI is InChI=1S/C31H40N2/c1-7-23-19(2)24-15-22(31(3,4)5)13-14-27(24)33-18-30(23)32(6)28-16-25-20-9-8-10-21(12-11-20)26(25)17-29(28)33/h13-21,23H,7-12H2,1-6H3. The van der Waals surface area contributed by atoms with Crippen LogP contribution in [0.5, 0.6) is 0 Å². The summed E-state index contributed by atoms with van der Waals surface area (Å²) in [5, 5.41) is 0. The summed E-state index contributed by atoms with van der Waals surface area (Å²) >= 11 is 0. The predicted molar refractivity (Wildman–Crippen MR) is 141 cm³/mol. The minimum Gasteiger partial charge on any atom is -0.345 e. The van der Waals surface area contributed by atoms with E-state index >= 15 is 0 Å². The topological polar surface area (TPSA) is 6.48 Å². The Bertz CT molecular complexity index is 1130. The van der Waals surface area contributed by atoms with Gasteiger partial charge in [-0.3, -0.25) is 0 Å². The molecule has 0 saturated heterocycles. The number of benzene rings is 2. The molecule has 4 atom stereocenters. The third-order valence-corrected chi connectivity index (χ3v) is 9.37. The van der Waals surface area contributed by atoms with Gasteiger partial charge in [-0.15, -0.1) is 0 Å². The molecule has 2 aromatic rings. The van der Waals surface area contributed by atoms with E-state index in [1.165, 1.54) is 66.0 Å². The number of allylic oxidation sites excluding steroid dienone is 1. The minimum absolute atomic E-state index is 0.162. The Morgan fingerprint density at radius 1 is 0.848 bits per heavy atom. The summed E-state index contributed by atoms with van der Waals surface area (Å²) in [6, 6.07) is 12.5. The van der Waals surface area contributed by atoms with Gasteiger partial charge in [0.2, 0.25) is 0 Å². The second-order valence-electron chi connectivity index (χ2n) is 12.2. The summed E-state index contributed by atoms with van der Waals surface area (Å²) in [6.45, 7) is 11.8. The van der Waals surface area contributed by atoms with Gasteiger partial charge in [0, 0.05) is 30.5 Å². The molecular weight excluding hydrogens is 400 g/mol. The first-order valence-electron chi connectivity index (χ1n) is 13.3. The van der Waals surface area contributed by atoms with Crippen LogP contribution in [0.15, 0.2) is 42.2 Å². The molecule has 0 N–H and O–H groups in total. The van der Waals surface area contributed by atoms with Crippen molar-refractivity contribution in [3.05, 3.63) is 64.5 Å². The monoisotopic (exact) mass is 440 g/mol. The van der Waals surface area contributed by atoms with E-state index in [0.717, 1.165) is 18.3 Å². The third-order valence-electron chi connectivity index (χ3n) is 9.37. The van der Waals surface area contributed by atoms with Crippen molar-refractivity contribution >= 4 is 17.1 Å². The highest BCUT2D eigenvalue weighted by atomic mass is 15.2. The molecule has 2 heterocycles. The van der Waals surface area contributed by atoms with Gasteiger partial charge in [-0.2, -0.15) is 0 Å². The second-order valence-corrected chi connectivity index (χ2v) is 12.2. The van der Waals surface area contributed by atoms with E-state index in [1.807, 2.05) is 0 Å². The number of rotatable bonds is 1. The van der Waals surface area contributed by atoms with Gasteiger partial charge < -0.3 is 9.80 Å². The van der Waals surface area contributed by atoms with Crippen molar-refractivity contribution in [3.8, 4) is 0 Å². The summed E-state index contributed by atoms with van der Waals surface area (Å²) < 4.78 is 0.